The molecule has 0 fully saturated rings. The van der Waals surface area contributed by atoms with Crippen LogP contribution in [0, 0.1) is 0 Å². The summed E-state index contributed by atoms with van der Waals surface area (Å²) < 4.78 is 12.4. The Morgan fingerprint density at radius 1 is 1.04 bits per heavy atom. The minimum Gasteiger partial charge on any atom is -0.493 e. The summed E-state index contributed by atoms with van der Waals surface area (Å²) in [5, 5.41) is 4.91. The van der Waals surface area contributed by atoms with Gasteiger partial charge in [-0.1, -0.05) is 29.8 Å². The minimum atomic E-state index is -0.0372. The second kappa shape index (κ2) is 7.81. The Balaban J connectivity index is 1.82. The molecular formula is C20H21ClN2O3. The van der Waals surface area contributed by atoms with Crippen molar-refractivity contribution in [1.29, 1.82) is 0 Å². The summed E-state index contributed by atoms with van der Waals surface area (Å²) >= 11 is 6.04. The molecule has 1 aromatic heterocycles. The van der Waals surface area contributed by atoms with E-state index in [1.165, 1.54) is 0 Å². The molecule has 1 heterocycles. The predicted molar refractivity (Wildman–Crippen MR) is 104 cm³/mol. The number of fused-ring (bicyclic) bond motifs is 1. The fourth-order valence-electron chi connectivity index (χ4n) is 3.06. The number of nitrogens with one attached hydrogen (secondary N) is 1. The maximum atomic E-state index is 12.6. The van der Waals surface area contributed by atoms with Gasteiger partial charge >= 0.3 is 0 Å². The number of nitrogens with zero attached hydrogens (tertiary/aromatic N) is 1. The molecule has 136 valence electrons. The number of ether oxygens (including phenoxy) is 2. The summed E-state index contributed by atoms with van der Waals surface area (Å²) in [6, 6.07) is 13.2. The molecule has 5 nitrogen and oxygen atoms in total. The zero-order chi connectivity index (χ0) is 18.7. The molecule has 0 radical (unpaired) electrons. The summed E-state index contributed by atoms with van der Waals surface area (Å²) in [6.07, 6.45) is 0. The molecule has 0 saturated heterocycles. The van der Waals surface area contributed by atoms with Crippen molar-refractivity contribution in [1.82, 2.24) is 9.88 Å². The van der Waals surface area contributed by atoms with Gasteiger partial charge in [0.1, 0.15) is 0 Å². The third-order valence-electron chi connectivity index (χ3n) is 4.38. The standard InChI is InChI=1S/C20H21ClN2O3/c1-23-17-10-16(21)8-7-13(17)9-15(20(23)24)12-22-11-14-5-4-6-18(25-2)19(14)26-3/h4-10,22H,11-12H2,1-3H3. The molecule has 0 aliphatic carbocycles. The van der Waals surface area contributed by atoms with Gasteiger partial charge in [-0.3, -0.25) is 4.79 Å². The summed E-state index contributed by atoms with van der Waals surface area (Å²) in [5.41, 5.74) is 2.45. The molecule has 0 bridgehead atoms. The van der Waals surface area contributed by atoms with E-state index in [1.54, 1.807) is 31.9 Å². The van der Waals surface area contributed by atoms with E-state index in [0.29, 0.717) is 35.2 Å². The van der Waals surface area contributed by atoms with Gasteiger partial charge in [-0.05, 0) is 29.7 Å². The van der Waals surface area contributed by atoms with Gasteiger partial charge in [-0.2, -0.15) is 0 Å². The van der Waals surface area contributed by atoms with E-state index in [-0.39, 0.29) is 5.56 Å². The second-order valence-corrected chi connectivity index (χ2v) is 6.43. The van der Waals surface area contributed by atoms with Gasteiger partial charge in [-0.15, -0.1) is 0 Å². The molecular weight excluding hydrogens is 352 g/mol. The molecule has 0 atom stereocenters. The lowest BCUT2D eigenvalue weighted by Gasteiger charge is -2.14. The van der Waals surface area contributed by atoms with Gasteiger partial charge in [0.2, 0.25) is 0 Å². The molecule has 0 saturated carbocycles. The summed E-state index contributed by atoms with van der Waals surface area (Å²) in [4.78, 5) is 12.6. The molecule has 0 unspecified atom stereocenters. The zero-order valence-corrected chi connectivity index (χ0v) is 15.8. The molecule has 3 aromatic rings. The zero-order valence-electron chi connectivity index (χ0n) is 15.0. The fraction of sp³-hybridized carbons (Fsp3) is 0.250. The van der Waals surface area contributed by atoms with Crippen LogP contribution in [0.25, 0.3) is 10.9 Å². The van der Waals surface area contributed by atoms with Crippen LogP contribution < -0.4 is 20.3 Å². The lowest BCUT2D eigenvalue weighted by molar-refractivity contribution is 0.350. The van der Waals surface area contributed by atoms with Crippen LogP contribution in [-0.2, 0) is 20.1 Å². The highest BCUT2D eigenvalue weighted by Crippen LogP contribution is 2.30. The number of hydrogen-bond donors (Lipinski definition) is 1. The van der Waals surface area contributed by atoms with Crippen LogP contribution in [0.5, 0.6) is 11.5 Å². The van der Waals surface area contributed by atoms with Crippen LogP contribution in [0.4, 0.5) is 0 Å². The average Bonchev–Trinajstić information content (AvgIpc) is 2.65. The van der Waals surface area contributed by atoms with Gasteiger partial charge in [-0.25, -0.2) is 0 Å². The van der Waals surface area contributed by atoms with Crippen molar-refractivity contribution in [2.24, 2.45) is 7.05 Å². The van der Waals surface area contributed by atoms with Crippen LogP contribution >= 0.6 is 11.6 Å². The Hall–Kier alpha value is -2.50. The van der Waals surface area contributed by atoms with E-state index in [1.807, 2.05) is 36.4 Å². The highest BCUT2D eigenvalue weighted by Gasteiger charge is 2.10. The van der Waals surface area contributed by atoms with Crippen LogP contribution in [0.2, 0.25) is 5.02 Å². The first-order valence-electron chi connectivity index (χ1n) is 8.24. The van der Waals surface area contributed by atoms with Crippen LogP contribution in [-0.4, -0.2) is 18.8 Å². The number of hydrogen-bond acceptors (Lipinski definition) is 4. The fourth-order valence-corrected chi connectivity index (χ4v) is 3.22. The quantitative estimate of drug-likeness (QED) is 0.719. The second-order valence-electron chi connectivity index (χ2n) is 5.99. The predicted octanol–water partition coefficient (Wildman–Crippen LogP) is 3.50. The van der Waals surface area contributed by atoms with Gasteiger partial charge in [0, 0.05) is 36.3 Å². The lowest BCUT2D eigenvalue weighted by Crippen LogP contribution is -2.25. The minimum absolute atomic E-state index is 0.0372. The molecule has 3 rings (SSSR count). The van der Waals surface area contributed by atoms with Gasteiger partial charge in [0.25, 0.3) is 5.56 Å². The maximum Gasteiger partial charge on any atom is 0.255 e. The summed E-state index contributed by atoms with van der Waals surface area (Å²) in [7, 11) is 4.99. The average molecular weight is 373 g/mol. The van der Waals surface area contributed by atoms with E-state index in [9.17, 15) is 4.79 Å². The Kier molecular flexibility index (Phi) is 5.49. The molecule has 0 amide bonds. The van der Waals surface area contributed by atoms with Gasteiger partial charge < -0.3 is 19.4 Å². The molecule has 0 aliphatic heterocycles. The van der Waals surface area contributed by atoms with E-state index in [4.69, 9.17) is 21.1 Å². The Morgan fingerprint density at radius 2 is 1.81 bits per heavy atom. The van der Waals surface area contributed by atoms with Crippen molar-refractivity contribution in [2.75, 3.05) is 14.2 Å². The van der Waals surface area contributed by atoms with Crippen molar-refractivity contribution in [3.8, 4) is 11.5 Å². The van der Waals surface area contributed by atoms with Crippen molar-refractivity contribution in [3.05, 3.63) is 69.0 Å². The number of rotatable bonds is 6. The van der Waals surface area contributed by atoms with Gasteiger partial charge in [0.05, 0.1) is 19.7 Å². The first-order chi connectivity index (χ1) is 12.5. The monoisotopic (exact) mass is 372 g/mol. The highest BCUT2D eigenvalue weighted by atomic mass is 35.5. The lowest BCUT2D eigenvalue weighted by atomic mass is 10.1. The number of para-hydroxylation sites is 1. The maximum absolute atomic E-state index is 12.6. The van der Waals surface area contributed by atoms with E-state index in [2.05, 4.69) is 5.32 Å². The highest BCUT2D eigenvalue weighted by molar-refractivity contribution is 6.31. The van der Waals surface area contributed by atoms with Crippen molar-refractivity contribution in [2.45, 2.75) is 13.1 Å². The summed E-state index contributed by atoms with van der Waals surface area (Å²) in [6.45, 7) is 1.01. The number of pyridine rings is 1. The first kappa shape index (κ1) is 18.3. The van der Waals surface area contributed by atoms with Gasteiger partial charge in [0.15, 0.2) is 11.5 Å². The van der Waals surface area contributed by atoms with Crippen LogP contribution in [0.3, 0.4) is 0 Å². The third-order valence-corrected chi connectivity index (χ3v) is 4.61. The Morgan fingerprint density at radius 3 is 2.54 bits per heavy atom. The normalized spacial score (nSPS) is 10.9. The molecule has 2 aromatic carbocycles. The van der Waals surface area contributed by atoms with Crippen LogP contribution in [0.1, 0.15) is 11.1 Å². The van der Waals surface area contributed by atoms with E-state index >= 15 is 0 Å². The topological polar surface area (TPSA) is 52.5 Å². The number of halogens is 1. The molecule has 6 heteroatoms. The Labute approximate surface area is 157 Å². The first-order valence-corrected chi connectivity index (χ1v) is 8.61. The van der Waals surface area contributed by atoms with E-state index < -0.39 is 0 Å². The molecule has 0 aliphatic rings. The number of methoxy groups -OCH3 is 2. The SMILES string of the molecule is COc1cccc(CNCc2cc3ccc(Cl)cc3n(C)c2=O)c1OC. The molecule has 1 N–H and O–H groups in total. The Bertz CT molecular complexity index is 998. The van der Waals surface area contributed by atoms with Crippen molar-refractivity contribution < 1.29 is 9.47 Å². The van der Waals surface area contributed by atoms with E-state index in [0.717, 1.165) is 16.5 Å². The number of aromatic nitrogens is 1. The van der Waals surface area contributed by atoms with Crippen molar-refractivity contribution >= 4 is 22.5 Å². The van der Waals surface area contributed by atoms with Crippen molar-refractivity contribution in [3.63, 3.8) is 0 Å². The smallest absolute Gasteiger partial charge is 0.255 e. The number of aryl methyl sites for hydroxylation is 1. The number of benzene rings is 2. The molecule has 26 heavy (non-hydrogen) atoms. The third kappa shape index (κ3) is 3.54. The summed E-state index contributed by atoms with van der Waals surface area (Å²) in [5.74, 6) is 1.38. The van der Waals surface area contributed by atoms with Crippen LogP contribution in [0.15, 0.2) is 47.3 Å². The largest absolute Gasteiger partial charge is 0.493 e. The molecule has 0 spiro atoms.